The van der Waals surface area contributed by atoms with Crippen molar-refractivity contribution in [2.45, 2.75) is 19.5 Å². The van der Waals surface area contributed by atoms with Gasteiger partial charge in [0.1, 0.15) is 22.8 Å². The lowest BCUT2D eigenvalue weighted by atomic mass is 10.1. The van der Waals surface area contributed by atoms with E-state index in [2.05, 4.69) is 15.3 Å². The largest absolute Gasteiger partial charge is 0.404 e. The summed E-state index contributed by atoms with van der Waals surface area (Å²) in [6, 6.07) is 3.62. The number of aromatic nitrogens is 3. The minimum Gasteiger partial charge on any atom is -0.404 e. The maximum atomic E-state index is 13.0. The first kappa shape index (κ1) is 15.8. The molecule has 3 N–H and O–H groups in total. The van der Waals surface area contributed by atoms with Crippen LogP contribution in [0.1, 0.15) is 18.9 Å². The van der Waals surface area contributed by atoms with Crippen LogP contribution < -0.4 is 11.1 Å². The third-order valence-electron chi connectivity index (χ3n) is 4.39. The first-order valence-corrected chi connectivity index (χ1v) is 8.17. The van der Waals surface area contributed by atoms with Crippen molar-refractivity contribution in [1.82, 2.24) is 14.4 Å². The summed E-state index contributed by atoms with van der Waals surface area (Å²) < 4.78 is 14.8. The molecule has 0 aromatic carbocycles. The number of rotatable bonds is 3. The smallest absolute Gasteiger partial charge is 0.231 e. The number of halogens is 2. The van der Waals surface area contributed by atoms with Gasteiger partial charge in [0.15, 0.2) is 0 Å². The number of pyridine rings is 2. The highest BCUT2D eigenvalue weighted by atomic mass is 35.5. The van der Waals surface area contributed by atoms with Crippen LogP contribution in [0, 0.1) is 5.92 Å². The lowest BCUT2D eigenvalue weighted by Crippen LogP contribution is -2.16. The molecule has 128 valence electrons. The van der Waals surface area contributed by atoms with Crippen LogP contribution >= 0.6 is 11.6 Å². The molecule has 1 fully saturated rings. The number of hydrogen-bond donors (Lipinski definition) is 2. The van der Waals surface area contributed by atoms with Crippen molar-refractivity contribution < 1.29 is 9.18 Å². The van der Waals surface area contributed by atoms with Gasteiger partial charge in [-0.25, -0.2) is 14.4 Å². The third kappa shape index (κ3) is 2.60. The molecule has 0 radical (unpaired) electrons. The number of alkyl halides is 1. The van der Waals surface area contributed by atoms with Crippen LogP contribution in [0.25, 0.3) is 22.1 Å². The van der Waals surface area contributed by atoms with Gasteiger partial charge < -0.3 is 11.1 Å². The molecule has 1 amide bonds. The highest BCUT2D eigenvalue weighted by Crippen LogP contribution is 2.35. The van der Waals surface area contributed by atoms with Gasteiger partial charge in [0, 0.05) is 23.2 Å². The maximum Gasteiger partial charge on any atom is 0.231 e. The van der Waals surface area contributed by atoms with Gasteiger partial charge in [-0.3, -0.25) is 9.20 Å². The van der Waals surface area contributed by atoms with Gasteiger partial charge in [-0.15, -0.1) is 0 Å². The van der Waals surface area contributed by atoms with Crippen LogP contribution in [-0.4, -0.2) is 26.4 Å². The Labute approximate surface area is 147 Å². The summed E-state index contributed by atoms with van der Waals surface area (Å²) in [4.78, 5) is 20.5. The van der Waals surface area contributed by atoms with E-state index in [0.29, 0.717) is 16.6 Å². The molecule has 1 aliphatic carbocycles. The number of nitrogens with two attached hydrogens (primary N) is 1. The average Bonchev–Trinajstić information content (AvgIpc) is 3.22. The Hall–Kier alpha value is -2.67. The number of allylic oxidation sites excluding steroid dienone is 1. The summed E-state index contributed by atoms with van der Waals surface area (Å²) in [7, 11) is 0. The minimum atomic E-state index is -1.05. The number of fused-ring (bicyclic) bond motifs is 3. The number of anilines is 1. The lowest BCUT2D eigenvalue weighted by Gasteiger charge is -2.11. The average molecular weight is 360 g/mol. The lowest BCUT2D eigenvalue weighted by molar-refractivity contribution is -0.117. The van der Waals surface area contributed by atoms with E-state index in [1.165, 1.54) is 6.20 Å². The van der Waals surface area contributed by atoms with Crippen LogP contribution in [0.2, 0.25) is 5.15 Å². The number of carbonyl (C=O) groups excluding carboxylic acids is 1. The molecule has 0 spiro atoms. The van der Waals surface area contributed by atoms with Gasteiger partial charge in [0.2, 0.25) is 5.91 Å². The van der Waals surface area contributed by atoms with Crippen LogP contribution in [-0.2, 0) is 4.79 Å². The summed E-state index contributed by atoms with van der Waals surface area (Å²) in [6.07, 6.45) is 3.91. The van der Waals surface area contributed by atoms with Gasteiger partial charge in [0.05, 0.1) is 17.6 Å². The van der Waals surface area contributed by atoms with E-state index in [4.69, 9.17) is 17.3 Å². The molecule has 2 atom stereocenters. The fourth-order valence-electron chi connectivity index (χ4n) is 2.83. The second kappa shape index (κ2) is 5.70. The molecule has 1 aliphatic rings. The predicted octanol–water partition coefficient (Wildman–Crippen LogP) is 3.15. The summed E-state index contributed by atoms with van der Waals surface area (Å²) in [5.74, 6) is -0.582. The van der Waals surface area contributed by atoms with E-state index >= 15 is 0 Å². The Morgan fingerprint density at radius 2 is 2.20 bits per heavy atom. The van der Waals surface area contributed by atoms with Crippen LogP contribution in [0.4, 0.5) is 10.2 Å². The zero-order valence-electron chi connectivity index (χ0n) is 13.3. The fourth-order valence-corrected chi connectivity index (χ4v) is 3.05. The van der Waals surface area contributed by atoms with Crippen molar-refractivity contribution in [1.29, 1.82) is 0 Å². The van der Waals surface area contributed by atoms with Crippen LogP contribution in [0.15, 0.2) is 30.7 Å². The van der Waals surface area contributed by atoms with Crippen LogP contribution in [0.5, 0.6) is 0 Å². The second-order valence-electron chi connectivity index (χ2n) is 6.12. The standard InChI is InChI=1S/C17H15ClFN5O/c1-8(5-20)10-2-9-6-21-15(23-17(25)11-3-12(11)19)4-13(9)24-14(18)7-22-16(10)24/h2,4-7,11-12H,3,20H2,1H3,(H,21,23,25)/b8-5+. The van der Waals surface area contributed by atoms with Gasteiger partial charge in [-0.05, 0) is 31.2 Å². The summed E-state index contributed by atoms with van der Waals surface area (Å²) in [6.45, 7) is 1.88. The van der Waals surface area contributed by atoms with Crippen molar-refractivity contribution >= 4 is 45.4 Å². The molecule has 3 heterocycles. The molecule has 3 aromatic rings. The molecule has 0 aliphatic heterocycles. The molecule has 0 saturated heterocycles. The number of nitrogens with zero attached hydrogens (tertiary/aromatic N) is 3. The van der Waals surface area contributed by atoms with Gasteiger partial charge >= 0.3 is 0 Å². The van der Waals surface area contributed by atoms with E-state index in [9.17, 15) is 9.18 Å². The monoisotopic (exact) mass is 359 g/mol. The second-order valence-corrected chi connectivity index (χ2v) is 6.51. The third-order valence-corrected chi connectivity index (χ3v) is 4.65. The molecule has 1 saturated carbocycles. The highest BCUT2D eigenvalue weighted by Gasteiger charge is 2.43. The van der Waals surface area contributed by atoms with Crippen molar-refractivity contribution in [2.75, 3.05) is 5.32 Å². The molecule has 6 nitrogen and oxygen atoms in total. The number of hydrogen-bond acceptors (Lipinski definition) is 4. The van der Waals surface area contributed by atoms with E-state index in [0.717, 1.165) is 22.0 Å². The van der Waals surface area contributed by atoms with Gasteiger partial charge in [-0.1, -0.05) is 11.6 Å². The Kier molecular flexibility index (Phi) is 3.61. The SMILES string of the molecule is C/C(=C\N)c1cc2cnc(NC(=O)C3CC3F)cc2n2c(Cl)cnc12. The Bertz CT molecular complexity index is 1040. The molecule has 25 heavy (non-hydrogen) atoms. The first-order chi connectivity index (χ1) is 12.0. The molecular formula is C17H15ClFN5O. The Morgan fingerprint density at radius 3 is 2.88 bits per heavy atom. The van der Waals surface area contributed by atoms with E-state index in [1.54, 1.807) is 22.9 Å². The quantitative estimate of drug-likeness (QED) is 0.752. The van der Waals surface area contributed by atoms with Crippen molar-refractivity contribution in [3.63, 3.8) is 0 Å². The van der Waals surface area contributed by atoms with Crippen LogP contribution in [0.3, 0.4) is 0 Å². The number of nitrogens with one attached hydrogen (secondary N) is 1. The first-order valence-electron chi connectivity index (χ1n) is 7.79. The maximum absolute atomic E-state index is 13.0. The Morgan fingerprint density at radius 1 is 1.44 bits per heavy atom. The molecule has 0 bridgehead atoms. The molecule has 3 aromatic heterocycles. The molecule has 4 rings (SSSR count). The predicted molar refractivity (Wildman–Crippen MR) is 95.0 cm³/mol. The van der Waals surface area contributed by atoms with Crippen molar-refractivity contribution in [3.05, 3.63) is 41.4 Å². The summed E-state index contributed by atoms with van der Waals surface area (Å²) >= 11 is 6.30. The van der Waals surface area contributed by atoms with E-state index in [1.807, 2.05) is 13.0 Å². The normalized spacial score (nSPS) is 20.2. The van der Waals surface area contributed by atoms with Gasteiger partial charge in [-0.2, -0.15) is 0 Å². The zero-order valence-corrected chi connectivity index (χ0v) is 14.1. The Balaban J connectivity index is 1.86. The highest BCUT2D eigenvalue weighted by molar-refractivity contribution is 6.30. The fraction of sp³-hybridized carbons (Fsp3) is 0.235. The summed E-state index contributed by atoms with van der Waals surface area (Å²) in [5.41, 5.74) is 8.74. The van der Waals surface area contributed by atoms with E-state index in [-0.39, 0.29) is 12.3 Å². The van der Waals surface area contributed by atoms with Crippen molar-refractivity contribution in [3.8, 4) is 0 Å². The zero-order chi connectivity index (χ0) is 17.7. The van der Waals surface area contributed by atoms with Crippen molar-refractivity contribution in [2.24, 2.45) is 11.7 Å². The number of amides is 1. The minimum absolute atomic E-state index is 0.269. The summed E-state index contributed by atoms with van der Waals surface area (Å²) in [5, 5.41) is 3.90. The number of carbonyl (C=O) groups is 1. The molecule has 8 heteroatoms. The van der Waals surface area contributed by atoms with Gasteiger partial charge in [0.25, 0.3) is 0 Å². The van der Waals surface area contributed by atoms with E-state index < -0.39 is 12.1 Å². The molecular weight excluding hydrogens is 345 g/mol. The number of imidazole rings is 1. The molecule has 2 unspecified atom stereocenters. The topological polar surface area (TPSA) is 85.3 Å².